The molecule has 1 aliphatic rings. The van der Waals surface area contributed by atoms with Crippen LogP contribution in [0.4, 0.5) is 4.39 Å². The number of nitrogens with zero attached hydrogens (tertiary/aromatic N) is 2. The quantitative estimate of drug-likeness (QED) is 0.347. The average Bonchev–Trinajstić information content (AvgIpc) is 3.03. The fourth-order valence-electron chi connectivity index (χ4n) is 4.41. The molecule has 0 spiro atoms. The Morgan fingerprint density at radius 2 is 1.88 bits per heavy atom. The minimum atomic E-state index is -1.01. The molecule has 2 aromatic rings. The highest BCUT2D eigenvalue weighted by Crippen LogP contribution is 2.42. The average molecular weight is 469 g/mol. The molecular weight excluding hydrogens is 435 g/mol. The molecule has 1 saturated heterocycles. The number of benzene rings is 2. The molecule has 2 aromatic carbocycles. The van der Waals surface area contributed by atoms with Gasteiger partial charge < -0.3 is 19.6 Å². The van der Waals surface area contributed by atoms with E-state index in [-0.39, 0.29) is 29.4 Å². The zero-order valence-electron chi connectivity index (χ0n) is 20.7. The molecule has 1 N–H and O–H groups in total. The number of aryl methyl sites for hydroxylation is 1. The van der Waals surface area contributed by atoms with Gasteiger partial charge in [-0.25, -0.2) is 4.39 Å². The molecule has 6 nitrogen and oxygen atoms in total. The Bertz CT molecular complexity index is 1120. The molecule has 1 unspecified atom stereocenters. The van der Waals surface area contributed by atoms with E-state index >= 15 is 0 Å². The van der Waals surface area contributed by atoms with Crippen LogP contribution in [0.5, 0.6) is 5.75 Å². The van der Waals surface area contributed by atoms with E-state index in [0.29, 0.717) is 29.8 Å². The molecule has 1 atom stereocenters. The van der Waals surface area contributed by atoms with Crippen molar-refractivity contribution in [2.75, 3.05) is 34.3 Å². The largest absolute Gasteiger partial charge is 0.507 e. The summed E-state index contributed by atoms with van der Waals surface area (Å²) in [7, 11) is 5.42. The molecule has 1 fully saturated rings. The van der Waals surface area contributed by atoms with E-state index in [4.69, 9.17) is 4.74 Å². The van der Waals surface area contributed by atoms with Gasteiger partial charge in [0.1, 0.15) is 17.3 Å². The summed E-state index contributed by atoms with van der Waals surface area (Å²) in [5, 5.41) is 11.4. The van der Waals surface area contributed by atoms with Crippen LogP contribution < -0.4 is 4.74 Å². The van der Waals surface area contributed by atoms with Crippen molar-refractivity contribution in [3.63, 3.8) is 0 Å². The predicted octanol–water partition coefficient (Wildman–Crippen LogP) is 4.64. The van der Waals surface area contributed by atoms with Crippen LogP contribution in [0.1, 0.15) is 54.5 Å². The summed E-state index contributed by atoms with van der Waals surface area (Å²) in [6, 6.07) is 8.64. The summed E-state index contributed by atoms with van der Waals surface area (Å²) < 4.78 is 20.4. The van der Waals surface area contributed by atoms with E-state index in [1.54, 1.807) is 44.4 Å². The van der Waals surface area contributed by atoms with Crippen molar-refractivity contribution in [1.29, 1.82) is 0 Å². The van der Waals surface area contributed by atoms with Gasteiger partial charge in [-0.15, -0.1) is 0 Å². The molecule has 1 heterocycles. The van der Waals surface area contributed by atoms with Crippen molar-refractivity contribution in [3.8, 4) is 5.75 Å². The molecule has 3 rings (SSSR count). The Kier molecular flexibility index (Phi) is 7.77. The highest BCUT2D eigenvalue weighted by Gasteiger charge is 2.46. The van der Waals surface area contributed by atoms with Gasteiger partial charge in [-0.3, -0.25) is 9.59 Å². The maximum atomic E-state index is 14.9. The van der Waals surface area contributed by atoms with Gasteiger partial charge in [-0.05, 0) is 69.2 Å². The van der Waals surface area contributed by atoms with Gasteiger partial charge in [0.25, 0.3) is 11.7 Å². The van der Waals surface area contributed by atoms with Gasteiger partial charge >= 0.3 is 0 Å². The van der Waals surface area contributed by atoms with Crippen LogP contribution in [-0.4, -0.2) is 60.9 Å². The monoisotopic (exact) mass is 468 g/mol. The first-order chi connectivity index (χ1) is 16.1. The Labute approximate surface area is 200 Å². The van der Waals surface area contributed by atoms with Crippen molar-refractivity contribution in [2.45, 2.75) is 39.2 Å². The SMILES string of the molecule is COc1cc(C)c(/C(O)=C2\C(=O)C(=O)N(CCCN(C)C)C2c2ccccc2F)cc1C(C)C. The molecule has 0 aromatic heterocycles. The number of methoxy groups -OCH3 is 1. The minimum Gasteiger partial charge on any atom is -0.507 e. The lowest BCUT2D eigenvalue weighted by molar-refractivity contribution is -0.140. The van der Waals surface area contributed by atoms with Crippen LogP contribution in [0.3, 0.4) is 0 Å². The fraction of sp³-hybridized carbons (Fsp3) is 0.407. The van der Waals surface area contributed by atoms with Crippen LogP contribution in [0, 0.1) is 12.7 Å². The third-order valence-corrected chi connectivity index (χ3v) is 6.20. The van der Waals surface area contributed by atoms with E-state index < -0.39 is 23.5 Å². The summed E-state index contributed by atoms with van der Waals surface area (Å²) in [5.41, 5.74) is 2.06. The highest BCUT2D eigenvalue weighted by molar-refractivity contribution is 6.46. The third kappa shape index (κ3) is 4.85. The van der Waals surface area contributed by atoms with Crippen LogP contribution in [-0.2, 0) is 9.59 Å². The van der Waals surface area contributed by atoms with E-state index in [2.05, 4.69) is 0 Å². The summed E-state index contributed by atoms with van der Waals surface area (Å²) in [5.74, 6) is -1.60. The normalized spacial score (nSPS) is 17.8. The maximum absolute atomic E-state index is 14.9. The van der Waals surface area contributed by atoms with Gasteiger partial charge in [0.15, 0.2) is 0 Å². The molecule has 0 bridgehead atoms. The number of amides is 1. The van der Waals surface area contributed by atoms with E-state index in [0.717, 1.165) is 5.56 Å². The van der Waals surface area contributed by atoms with E-state index in [1.165, 1.54) is 11.0 Å². The van der Waals surface area contributed by atoms with Crippen LogP contribution in [0.2, 0.25) is 0 Å². The smallest absolute Gasteiger partial charge is 0.295 e. The zero-order chi connectivity index (χ0) is 25.2. The first-order valence-corrected chi connectivity index (χ1v) is 11.4. The first kappa shape index (κ1) is 25.4. The second-order valence-electron chi connectivity index (χ2n) is 9.23. The molecule has 182 valence electrons. The number of ether oxygens (including phenoxy) is 1. The summed E-state index contributed by atoms with van der Waals surface area (Å²) in [4.78, 5) is 29.6. The van der Waals surface area contributed by atoms with Crippen molar-refractivity contribution in [2.24, 2.45) is 0 Å². The third-order valence-electron chi connectivity index (χ3n) is 6.20. The van der Waals surface area contributed by atoms with Crippen LogP contribution >= 0.6 is 0 Å². The summed E-state index contributed by atoms with van der Waals surface area (Å²) in [6.45, 7) is 6.76. The topological polar surface area (TPSA) is 70.1 Å². The number of Topliss-reactive ketones (excluding diaryl/α,β-unsaturated/α-hetero) is 1. The molecule has 0 saturated carbocycles. The maximum Gasteiger partial charge on any atom is 0.295 e. The number of halogens is 1. The van der Waals surface area contributed by atoms with Gasteiger partial charge in [-0.1, -0.05) is 32.0 Å². The van der Waals surface area contributed by atoms with E-state index in [1.807, 2.05) is 32.8 Å². The number of ketones is 1. The molecule has 0 radical (unpaired) electrons. The predicted molar refractivity (Wildman–Crippen MR) is 130 cm³/mol. The molecule has 7 heteroatoms. The number of hydrogen-bond acceptors (Lipinski definition) is 5. The van der Waals surface area contributed by atoms with Gasteiger partial charge in [0.05, 0.1) is 18.7 Å². The highest BCUT2D eigenvalue weighted by atomic mass is 19.1. The Morgan fingerprint density at radius 1 is 1.21 bits per heavy atom. The lowest BCUT2D eigenvalue weighted by atomic mass is 9.91. The zero-order valence-corrected chi connectivity index (χ0v) is 20.7. The van der Waals surface area contributed by atoms with Gasteiger partial charge in [0.2, 0.25) is 0 Å². The molecule has 1 amide bonds. The Morgan fingerprint density at radius 3 is 2.47 bits per heavy atom. The Balaban J connectivity index is 2.21. The number of carbonyl (C=O) groups excluding carboxylic acids is 2. The molecule has 0 aliphatic carbocycles. The summed E-state index contributed by atoms with van der Waals surface area (Å²) >= 11 is 0. The number of hydrogen-bond donors (Lipinski definition) is 1. The number of aliphatic hydroxyl groups excluding tert-OH is 1. The fourth-order valence-corrected chi connectivity index (χ4v) is 4.41. The molecular formula is C27H33FN2O4. The van der Waals surface area contributed by atoms with Crippen molar-refractivity contribution >= 4 is 17.4 Å². The minimum absolute atomic E-state index is 0.0945. The lowest BCUT2D eigenvalue weighted by Crippen LogP contribution is -2.32. The second-order valence-corrected chi connectivity index (χ2v) is 9.23. The molecule has 34 heavy (non-hydrogen) atoms. The van der Waals surface area contributed by atoms with Crippen molar-refractivity contribution in [3.05, 3.63) is 70.0 Å². The van der Waals surface area contributed by atoms with Gasteiger partial charge in [0, 0.05) is 17.7 Å². The number of carbonyl (C=O) groups is 2. The first-order valence-electron chi connectivity index (χ1n) is 11.4. The summed E-state index contributed by atoms with van der Waals surface area (Å²) in [6.07, 6.45) is 0.601. The van der Waals surface area contributed by atoms with Crippen LogP contribution in [0.25, 0.3) is 5.76 Å². The second kappa shape index (κ2) is 10.4. The van der Waals surface area contributed by atoms with Crippen LogP contribution in [0.15, 0.2) is 42.0 Å². The van der Waals surface area contributed by atoms with Crippen molar-refractivity contribution in [1.82, 2.24) is 9.80 Å². The van der Waals surface area contributed by atoms with Crippen molar-refractivity contribution < 1.29 is 23.8 Å². The number of likely N-dealkylation sites (tertiary alicyclic amines) is 1. The Hall–Kier alpha value is -3.19. The standard InChI is InChI=1S/C27H33FN2O4/c1-16(2)19-15-20(17(3)14-22(19)34-6)25(31)23-24(18-10-7-8-11-21(18)28)30(27(33)26(23)32)13-9-12-29(4)5/h7-8,10-11,14-16,24,31H,9,12-13H2,1-6H3/b25-23+. The molecule has 1 aliphatic heterocycles. The number of rotatable bonds is 8. The van der Waals surface area contributed by atoms with Gasteiger partial charge in [-0.2, -0.15) is 0 Å². The van der Waals surface area contributed by atoms with E-state index in [9.17, 15) is 19.1 Å². The lowest BCUT2D eigenvalue weighted by Gasteiger charge is -2.26. The number of aliphatic hydroxyl groups is 1.